The maximum atomic E-state index is 12.3. The molecule has 7 nitrogen and oxygen atoms in total. The van der Waals surface area contributed by atoms with Gasteiger partial charge in [-0.05, 0) is 62.2 Å². The van der Waals surface area contributed by atoms with E-state index in [2.05, 4.69) is 10.1 Å². The number of ether oxygens (including phenoxy) is 4. The van der Waals surface area contributed by atoms with Gasteiger partial charge < -0.3 is 24.3 Å². The Labute approximate surface area is 188 Å². The molecule has 0 saturated carbocycles. The quantitative estimate of drug-likeness (QED) is 0.537. The normalized spacial score (nSPS) is 16.5. The molecule has 3 rings (SSSR count). The Hall–Kier alpha value is -2.91. The summed E-state index contributed by atoms with van der Waals surface area (Å²) < 4.78 is 45.2. The van der Waals surface area contributed by atoms with Crippen molar-refractivity contribution < 1.29 is 37.3 Å². The van der Waals surface area contributed by atoms with Gasteiger partial charge in [-0.1, -0.05) is 11.6 Å². The Morgan fingerprint density at radius 1 is 1.22 bits per heavy atom. The molecule has 2 unspecified atom stereocenters. The maximum absolute atomic E-state index is 12.3. The van der Waals surface area contributed by atoms with E-state index in [0.29, 0.717) is 12.4 Å². The summed E-state index contributed by atoms with van der Waals surface area (Å²) in [5.74, 6) is -0.924. The predicted octanol–water partition coefficient (Wildman–Crippen LogP) is 4.68. The third kappa shape index (κ3) is 6.80. The van der Waals surface area contributed by atoms with E-state index in [-0.39, 0.29) is 28.1 Å². The smallest absolute Gasteiger partial charge is 0.387 e. The number of halogens is 3. The van der Waals surface area contributed by atoms with Crippen molar-refractivity contribution in [3.63, 3.8) is 0 Å². The minimum absolute atomic E-state index is 0.0851. The maximum Gasteiger partial charge on any atom is 0.387 e. The van der Waals surface area contributed by atoms with Crippen LogP contribution in [0.15, 0.2) is 42.5 Å². The second-order valence-corrected chi connectivity index (χ2v) is 7.44. The molecule has 0 bridgehead atoms. The van der Waals surface area contributed by atoms with Gasteiger partial charge in [0.15, 0.2) is 6.10 Å². The highest BCUT2D eigenvalue weighted by Gasteiger charge is 2.20. The molecule has 2 aromatic carbocycles. The average molecular weight is 470 g/mol. The summed E-state index contributed by atoms with van der Waals surface area (Å²) >= 11 is 5.86. The molecule has 1 heterocycles. The Morgan fingerprint density at radius 2 is 1.97 bits per heavy atom. The van der Waals surface area contributed by atoms with Crippen molar-refractivity contribution in [2.75, 3.05) is 18.5 Å². The number of amides is 1. The second-order valence-electron chi connectivity index (χ2n) is 7.03. The first-order chi connectivity index (χ1) is 15.3. The van der Waals surface area contributed by atoms with Gasteiger partial charge >= 0.3 is 12.6 Å². The second kappa shape index (κ2) is 11.1. The van der Waals surface area contributed by atoms with Crippen molar-refractivity contribution in [2.45, 2.75) is 38.6 Å². The fourth-order valence-electron chi connectivity index (χ4n) is 2.95. The Bertz CT molecular complexity index is 935. The van der Waals surface area contributed by atoms with Crippen molar-refractivity contribution in [1.29, 1.82) is 0 Å². The van der Waals surface area contributed by atoms with Crippen LogP contribution in [0, 0.1) is 0 Å². The summed E-state index contributed by atoms with van der Waals surface area (Å²) in [5, 5.41) is 2.39. The van der Waals surface area contributed by atoms with E-state index in [1.807, 2.05) is 0 Å². The summed E-state index contributed by atoms with van der Waals surface area (Å²) in [6.45, 7) is -0.423. The summed E-state index contributed by atoms with van der Waals surface area (Å²) in [6, 6.07) is 10.1. The number of esters is 1. The molecule has 0 radical (unpaired) electrons. The van der Waals surface area contributed by atoms with E-state index in [0.717, 1.165) is 19.4 Å². The van der Waals surface area contributed by atoms with E-state index >= 15 is 0 Å². The number of nitrogens with one attached hydrogen (secondary N) is 1. The Morgan fingerprint density at radius 3 is 2.59 bits per heavy atom. The molecule has 32 heavy (non-hydrogen) atoms. The third-order valence-electron chi connectivity index (χ3n) is 4.62. The number of carbonyl (C=O) groups excluding carboxylic acids is 2. The molecule has 10 heteroatoms. The predicted molar refractivity (Wildman–Crippen MR) is 113 cm³/mol. The zero-order valence-corrected chi connectivity index (χ0v) is 17.9. The molecule has 172 valence electrons. The average Bonchev–Trinajstić information content (AvgIpc) is 3.28. The molecule has 1 amide bonds. The number of carbonyl (C=O) groups is 2. The van der Waals surface area contributed by atoms with E-state index in [4.69, 9.17) is 25.8 Å². The van der Waals surface area contributed by atoms with E-state index in [1.54, 1.807) is 24.3 Å². The molecule has 1 fully saturated rings. The zero-order valence-electron chi connectivity index (χ0n) is 17.2. The SMILES string of the molecule is CC(OC(=O)c1ccc(OCC2CCCO2)cc1)C(=O)Nc1ccc(OC(F)F)c(Cl)c1. The van der Waals surface area contributed by atoms with Crippen LogP contribution in [0.3, 0.4) is 0 Å². The minimum atomic E-state index is -3.02. The molecule has 0 aromatic heterocycles. The zero-order chi connectivity index (χ0) is 23.1. The lowest BCUT2D eigenvalue weighted by molar-refractivity contribution is -0.123. The highest BCUT2D eigenvalue weighted by atomic mass is 35.5. The number of anilines is 1. The largest absolute Gasteiger partial charge is 0.491 e. The van der Waals surface area contributed by atoms with Crippen molar-refractivity contribution in [2.24, 2.45) is 0 Å². The topological polar surface area (TPSA) is 83.1 Å². The molecule has 1 aliphatic heterocycles. The van der Waals surface area contributed by atoms with Crippen LogP contribution in [-0.4, -0.2) is 43.9 Å². The van der Waals surface area contributed by atoms with Gasteiger partial charge in [0.05, 0.1) is 16.7 Å². The summed E-state index contributed by atoms with van der Waals surface area (Å²) in [5.41, 5.74) is 0.489. The minimum Gasteiger partial charge on any atom is -0.491 e. The summed E-state index contributed by atoms with van der Waals surface area (Å²) in [6.07, 6.45) is 0.955. The first kappa shape index (κ1) is 23.7. The van der Waals surface area contributed by atoms with Gasteiger partial charge in [0.2, 0.25) is 0 Å². The molecule has 0 spiro atoms. The molecule has 2 atom stereocenters. The van der Waals surface area contributed by atoms with Gasteiger partial charge in [-0.2, -0.15) is 8.78 Å². The van der Waals surface area contributed by atoms with Crippen LogP contribution in [0.2, 0.25) is 5.02 Å². The summed E-state index contributed by atoms with van der Waals surface area (Å²) in [7, 11) is 0. The van der Waals surface area contributed by atoms with Crippen LogP contribution in [0.1, 0.15) is 30.1 Å². The van der Waals surface area contributed by atoms with Crippen LogP contribution in [-0.2, 0) is 14.3 Å². The van der Waals surface area contributed by atoms with Crippen molar-refractivity contribution in [1.82, 2.24) is 0 Å². The fraction of sp³-hybridized carbons (Fsp3) is 0.364. The van der Waals surface area contributed by atoms with Crippen LogP contribution >= 0.6 is 11.6 Å². The molecular formula is C22H22ClF2NO6. The van der Waals surface area contributed by atoms with Crippen LogP contribution in [0.5, 0.6) is 11.5 Å². The van der Waals surface area contributed by atoms with Gasteiger partial charge in [0.25, 0.3) is 5.91 Å². The first-order valence-electron chi connectivity index (χ1n) is 9.92. The van der Waals surface area contributed by atoms with Gasteiger partial charge in [-0.3, -0.25) is 4.79 Å². The Kier molecular flexibility index (Phi) is 8.24. The van der Waals surface area contributed by atoms with E-state index in [1.165, 1.54) is 25.1 Å². The van der Waals surface area contributed by atoms with Gasteiger partial charge in [0, 0.05) is 12.3 Å². The van der Waals surface area contributed by atoms with Crippen molar-refractivity contribution in [3.05, 3.63) is 53.1 Å². The van der Waals surface area contributed by atoms with Gasteiger partial charge in [-0.25, -0.2) is 4.79 Å². The number of benzene rings is 2. The lowest BCUT2D eigenvalue weighted by Crippen LogP contribution is -2.30. The lowest BCUT2D eigenvalue weighted by atomic mass is 10.2. The van der Waals surface area contributed by atoms with E-state index in [9.17, 15) is 18.4 Å². The molecule has 1 aliphatic rings. The van der Waals surface area contributed by atoms with Crippen LogP contribution in [0.4, 0.5) is 14.5 Å². The Balaban J connectivity index is 1.49. The molecular weight excluding hydrogens is 448 g/mol. The standard InChI is InChI=1S/C22H22ClF2NO6/c1-13(20(27)26-15-6-9-19(18(23)11-15)32-22(24)25)31-21(28)14-4-7-16(8-5-14)30-12-17-3-2-10-29-17/h4-9,11,13,17,22H,2-3,10,12H2,1H3,(H,26,27). The first-order valence-corrected chi connectivity index (χ1v) is 10.3. The number of hydrogen-bond donors (Lipinski definition) is 1. The van der Waals surface area contributed by atoms with Crippen LogP contribution in [0.25, 0.3) is 0 Å². The molecule has 1 N–H and O–H groups in total. The monoisotopic (exact) mass is 469 g/mol. The van der Waals surface area contributed by atoms with Gasteiger partial charge in [0.1, 0.15) is 18.1 Å². The highest BCUT2D eigenvalue weighted by molar-refractivity contribution is 6.32. The number of rotatable bonds is 9. The third-order valence-corrected chi connectivity index (χ3v) is 4.91. The lowest BCUT2D eigenvalue weighted by Gasteiger charge is -2.15. The highest BCUT2D eigenvalue weighted by Crippen LogP contribution is 2.29. The van der Waals surface area contributed by atoms with Crippen molar-refractivity contribution in [3.8, 4) is 11.5 Å². The van der Waals surface area contributed by atoms with Gasteiger partial charge in [-0.15, -0.1) is 0 Å². The van der Waals surface area contributed by atoms with Crippen LogP contribution < -0.4 is 14.8 Å². The van der Waals surface area contributed by atoms with Crippen molar-refractivity contribution >= 4 is 29.2 Å². The van der Waals surface area contributed by atoms with E-state index < -0.39 is 24.6 Å². The fourth-order valence-corrected chi connectivity index (χ4v) is 3.17. The molecule has 2 aromatic rings. The molecule has 0 aliphatic carbocycles. The number of hydrogen-bond acceptors (Lipinski definition) is 6. The molecule has 1 saturated heterocycles. The summed E-state index contributed by atoms with van der Waals surface area (Å²) in [4.78, 5) is 24.6. The number of alkyl halides is 2.